The molecule has 4 heteroatoms. The number of phenolic OH excluding ortho intramolecular Hbond substituents is 2. The molecule has 14 heavy (non-hydrogen) atoms. The Bertz CT molecular complexity index is 420. The SMILES string of the molecule is Oc1ccc([Se])c2c(O)ccc([Se])c12. The third-order valence-electron chi connectivity index (χ3n) is 2.04. The maximum atomic E-state index is 9.66. The summed E-state index contributed by atoms with van der Waals surface area (Å²) in [7, 11) is 0. The van der Waals surface area contributed by atoms with E-state index in [1.807, 2.05) is 0 Å². The van der Waals surface area contributed by atoms with Crippen LogP contribution >= 0.6 is 0 Å². The van der Waals surface area contributed by atoms with Gasteiger partial charge in [0.1, 0.15) is 0 Å². The first kappa shape index (κ1) is 9.88. The van der Waals surface area contributed by atoms with Crippen LogP contribution in [0.5, 0.6) is 11.5 Å². The molecule has 0 aliphatic rings. The van der Waals surface area contributed by atoms with E-state index < -0.39 is 0 Å². The third-order valence-corrected chi connectivity index (χ3v) is 3.47. The Morgan fingerprint density at radius 2 is 1.07 bits per heavy atom. The maximum absolute atomic E-state index is 9.66. The minimum atomic E-state index is 0.170. The number of rotatable bonds is 0. The van der Waals surface area contributed by atoms with Gasteiger partial charge in [0, 0.05) is 0 Å². The van der Waals surface area contributed by atoms with Gasteiger partial charge in [-0.3, -0.25) is 0 Å². The van der Waals surface area contributed by atoms with Crippen LogP contribution in [0.3, 0.4) is 0 Å². The Labute approximate surface area is 97.6 Å². The molecule has 0 aliphatic carbocycles. The summed E-state index contributed by atoms with van der Waals surface area (Å²) in [5, 5.41) is 20.6. The molecule has 0 atom stereocenters. The van der Waals surface area contributed by atoms with E-state index in [2.05, 4.69) is 32.0 Å². The fourth-order valence-corrected chi connectivity index (χ4v) is 2.55. The molecule has 0 aliphatic heterocycles. The minimum absolute atomic E-state index is 0.170. The molecular formula is C10H6O2Se2. The van der Waals surface area contributed by atoms with Crippen molar-refractivity contribution in [2.75, 3.05) is 0 Å². The van der Waals surface area contributed by atoms with Crippen molar-refractivity contribution in [3.8, 4) is 11.5 Å². The van der Waals surface area contributed by atoms with Gasteiger partial charge in [0.15, 0.2) is 0 Å². The van der Waals surface area contributed by atoms with Gasteiger partial charge in [-0.15, -0.1) is 0 Å². The molecule has 0 saturated carbocycles. The predicted molar refractivity (Wildman–Crippen MR) is 58.1 cm³/mol. The van der Waals surface area contributed by atoms with E-state index in [1.54, 1.807) is 24.3 Å². The van der Waals surface area contributed by atoms with Crippen molar-refractivity contribution in [2.24, 2.45) is 0 Å². The summed E-state index contributed by atoms with van der Waals surface area (Å²) in [6, 6.07) is 6.68. The van der Waals surface area contributed by atoms with Crippen LogP contribution in [0, 0.1) is 0 Å². The van der Waals surface area contributed by atoms with Crippen molar-refractivity contribution in [3.05, 3.63) is 24.3 Å². The average molecular weight is 316 g/mol. The van der Waals surface area contributed by atoms with E-state index in [-0.39, 0.29) is 11.5 Å². The summed E-state index contributed by atoms with van der Waals surface area (Å²) in [4.78, 5) is 0. The molecule has 0 heterocycles. The molecule has 70 valence electrons. The summed E-state index contributed by atoms with van der Waals surface area (Å²) < 4.78 is 1.65. The Balaban J connectivity index is 3.05. The van der Waals surface area contributed by atoms with Gasteiger partial charge in [-0.05, 0) is 0 Å². The molecule has 0 unspecified atom stereocenters. The van der Waals surface area contributed by atoms with Crippen molar-refractivity contribution in [1.29, 1.82) is 0 Å². The first-order chi connectivity index (χ1) is 6.61. The summed E-state index contributed by atoms with van der Waals surface area (Å²) >= 11 is 5.71. The zero-order valence-electron chi connectivity index (χ0n) is 7.02. The van der Waals surface area contributed by atoms with Crippen LogP contribution in [0.1, 0.15) is 0 Å². The summed E-state index contributed by atoms with van der Waals surface area (Å²) in [6.45, 7) is 0. The molecule has 2 aromatic carbocycles. The van der Waals surface area contributed by atoms with E-state index in [1.165, 1.54) is 0 Å². The molecule has 2 nitrogen and oxygen atoms in total. The van der Waals surface area contributed by atoms with E-state index in [0.29, 0.717) is 10.8 Å². The van der Waals surface area contributed by atoms with Gasteiger partial charge in [-0.1, -0.05) is 0 Å². The molecule has 2 aromatic rings. The van der Waals surface area contributed by atoms with Crippen molar-refractivity contribution >= 4 is 51.7 Å². The van der Waals surface area contributed by atoms with E-state index >= 15 is 0 Å². The van der Waals surface area contributed by atoms with Gasteiger partial charge in [0.05, 0.1) is 0 Å². The Kier molecular flexibility index (Phi) is 2.46. The normalized spacial score (nSPS) is 10.6. The molecule has 0 bridgehead atoms. The number of hydrogen-bond donors (Lipinski definition) is 2. The average Bonchev–Trinajstić information content (AvgIpc) is 2.16. The zero-order valence-corrected chi connectivity index (χ0v) is 10.4. The van der Waals surface area contributed by atoms with Gasteiger partial charge >= 0.3 is 97.7 Å². The van der Waals surface area contributed by atoms with Gasteiger partial charge < -0.3 is 0 Å². The number of fused-ring (bicyclic) bond motifs is 1. The van der Waals surface area contributed by atoms with Crippen molar-refractivity contribution in [3.63, 3.8) is 0 Å². The Morgan fingerprint density at radius 1 is 0.714 bits per heavy atom. The monoisotopic (exact) mass is 318 g/mol. The fraction of sp³-hybridized carbons (Fsp3) is 0. The van der Waals surface area contributed by atoms with E-state index in [4.69, 9.17) is 0 Å². The number of benzene rings is 2. The Hall–Kier alpha value is -0.661. The van der Waals surface area contributed by atoms with Crippen molar-refractivity contribution < 1.29 is 10.2 Å². The number of phenols is 2. The third kappa shape index (κ3) is 1.41. The van der Waals surface area contributed by atoms with Crippen LogP contribution in [0.25, 0.3) is 10.8 Å². The van der Waals surface area contributed by atoms with Gasteiger partial charge in [0.25, 0.3) is 0 Å². The first-order valence-electron chi connectivity index (χ1n) is 3.93. The number of hydrogen-bond acceptors (Lipinski definition) is 2. The van der Waals surface area contributed by atoms with Crippen LogP contribution in [0.2, 0.25) is 0 Å². The molecule has 2 N–H and O–H groups in total. The summed E-state index contributed by atoms with van der Waals surface area (Å²) in [5.74, 6) is 0.340. The molecule has 0 aromatic heterocycles. The number of aromatic hydroxyl groups is 2. The van der Waals surface area contributed by atoms with Crippen LogP contribution in [0.4, 0.5) is 0 Å². The molecule has 0 fully saturated rings. The zero-order chi connectivity index (χ0) is 10.3. The Morgan fingerprint density at radius 3 is 1.43 bits per heavy atom. The van der Waals surface area contributed by atoms with E-state index in [9.17, 15) is 10.2 Å². The van der Waals surface area contributed by atoms with Gasteiger partial charge in [-0.25, -0.2) is 0 Å². The quantitative estimate of drug-likeness (QED) is 0.663. The standard InChI is InChI=1S/C10H6O2Se2/c11-5-1-3-7(13)10-6(12)2-4-8(14)9(5)10/h1-4,11-12H. The van der Waals surface area contributed by atoms with Crippen molar-refractivity contribution in [2.45, 2.75) is 0 Å². The topological polar surface area (TPSA) is 40.5 Å². The summed E-state index contributed by atoms with van der Waals surface area (Å²) in [6.07, 6.45) is 0. The second kappa shape index (κ2) is 3.48. The molecular weight excluding hydrogens is 310 g/mol. The molecule has 2 radical (unpaired) electrons. The molecule has 0 spiro atoms. The van der Waals surface area contributed by atoms with E-state index in [0.717, 1.165) is 8.92 Å². The van der Waals surface area contributed by atoms with Gasteiger partial charge in [0.2, 0.25) is 0 Å². The predicted octanol–water partition coefficient (Wildman–Crippen LogP) is -0.161. The second-order valence-electron chi connectivity index (χ2n) is 2.92. The summed E-state index contributed by atoms with van der Waals surface area (Å²) in [5.41, 5.74) is 0. The van der Waals surface area contributed by atoms with Crippen LogP contribution < -0.4 is 8.92 Å². The van der Waals surface area contributed by atoms with Crippen LogP contribution in [-0.2, 0) is 0 Å². The fourth-order valence-electron chi connectivity index (χ4n) is 1.40. The second-order valence-corrected chi connectivity index (χ2v) is 4.76. The van der Waals surface area contributed by atoms with Crippen LogP contribution in [0.15, 0.2) is 24.3 Å². The van der Waals surface area contributed by atoms with Crippen LogP contribution in [-0.4, -0.2) is 42.2 Å². The molecule has 0 saturated heterocycles. The van der Waals surface area contributed by atoms with Crippen molar-refractivity contribution in [1.82, 2.24) is 0 Å². The molecule has 0 amide bonds. The van der Waals surface area contributed by atoms with Gasteiger partial charge in [-0.2, -0.15) is 0 Å². The molecule has 2 rings (SSSR count). The first-order valence-corrected chi connectivity index (χ1v) is 5.64.